The molecule has 0 aliphatic carbocycles. The first-order valence-corrected chi connectivity index (χ1v) is 11.3. The van der Waals surface area contributed by atoms with Crippen LogP contribution in [0, 0.1) is 6.92 Å². The van der Waals surface area contributed by atoms with Gasteiger partial charge in [-0.05, 0) is 50.2 Å². The minimum Gasteiger partial charge on any atom is -0.496 e. The van der Waals surface area contributed by atoms with Crippen molar-refractivity contribution >= 4 is 21.6 Å². The molecule has 3 rings (SSSR count). The molecule has 0 spiro atoms. The molecular formula is C24H26N2O4S. The molecule has 3 aromatic carbocycles. The number of amides is 1. The number of hydrogen-bond acceptors (Lipinski definition) is 4. The van der Waals surface area contributed by atoms with Gasteiger partial charge in [0.1, 0.15) is 5.75 Å². The second-order valence-corrected chi connectivity index (χ2v) is 9.24. The van der Waals surface area contributed by atoms with Crippen molar-refractivity contribution in [1.82, 2.24) is 5.32 Å². The van der Waals surface area contributed by atoms with Crippen LogP contribution in [-0.2, 0) is 10.0 Å². The Morgan fingerprint density at radius 1 is 1.00 bits per heavy atom. The van der Waals surface area contributed by atoms with Gasteiger partial charge in [0.05, 0.1) is 23.7 Å². The van der Waals surface area contributed by atoms with Gasteiger partial charge in [-0.25, -0.2) is 8.42 Å². The Morgan fingerprint density at radius 3 is 2.35 bits per heavy atom. The van der Waals surface area contributed by atoms with Gasteiger partial charge in [0.25, 0.3) is 15.9 Å². The number of hydrogen-bond donors (Lipinski definition) is 1. The summed E-state index contributed by atoms with van der Waals surface area (Å²) in [5.74, 6) is 0.384. The Kier molecular flexibility index (Phi) is 6.65. The second kappa shape index (κ2) is 9.22. The van der Waals surface area contributed by atoms with E-state index >= 15 is 0 Å². The van der Waals surface area contributed by atoms with E-state index in [9.17, 15) is 13.2 Å². The smallest absolute Gasteiger partial charge is 0.264 e. The molecule has 1 N–H and O–H groups in total. The molecule has 3 aromatic rings. The van der Waals surface area contributed by atoms with Crippen molar-refractivity contribution in [3.05, 3.63) is 89.5 Å². The molecule has 0 saturated carbocycles. The Morgan fingerprint density at radius 2 is 1.68 bits per heavy atom. The Balaban J connectivity index is 1.82. The van der Waals surface area contributed by atoms with Crippen LogP contribution in [0.15, 0.2) is 77.7 Å². The topological polar surface area (TPSA) is 75.7 Å². The van der Waals surface area contributed by atoms with E-state index in [1.807, 2.05) is 38.1 Å². The molecule has 6 nitrogen and oxygen atoms in total. The molecule has 0 aliphatic heterocycles. The van der Waals surface area contributed by atoms with Gasteiger partial charge in [-0.15, -0.1) is 0 Å². The largest absolute Gasteiger partial charge is 0.496 e. The fourth-order valence-corrected chi connectivity index (χ4v) is 4.42. The van der Waals surface area contributed by atoms with E-state index in [0.29, 0.717) is 17.0 Å². The highest BCUT2D eigenvalue weighted by molar-refractivity contribution is 7.92. The number of carbonyl (C=O) groups is 1. The molecule has 162 valence electrons. The fourth-order valence-electron chi connectivity index (χ4n) is 3.23. The highest BCUT2D eigenvalue weighted by Gasteiger charge is 2.22. The maximum absolute atomic E-state index is 13.0. The summed E-state index contributed by atoms with van der Waals surface area (Å²) in [4.78, 5) is 13.0. The number of methoxy groups -OCH3 is 1. The number of rotatable bonds is 7. The highest BCUT2D eigenvalue weighted by Crippen LogP contribution is 2.26. The minimum absolute atomic E-state index is 0.195. The predicted molar refractivity (Wildman–Crippen MR) is 122 cm³/mol. The maximum Gasteiger partial charge on any atom is 0.264 e. The average molecular weight is 439 g/mol. The first-order valence-electron chi connectivity index (χ1n) is 9.83. The zero-order chi connectivity index (χ0) is 22.6. The maximum atomic E-state index is 13.0. The quantitative estimate of drug-likeness (QED) is 0.596. The first kappa shape index (κ1) is 22.4. The summed E-state index contributed by atoms with van der Waals surface area (Å²) >= 11 is 0. The lowest BCUT2D eigenvalue weighted by molar-refractivity contribution is 0.0939. The lowest BCUT2D eigenvalue weighted by atomic mass is 10.1. The number of nitrogens with zero attached hydrogens (tertiary/aromatic N) is 1. The van der Waals surface area contributed by atoms with Gasteiger partial charge in [-0.2, -0.15) is 0 Å². The van der Waals surface area contributed by atoms with Crippen molar-refractivity contribution in [2.24, 2.45) is 0 Å². The molecular weight excluding hydrogens is 412 g/mol. The Bertz CT molecular complexity index is 1170. The van der Waals surface area contributed by atoms with E-state index in [2.05, 4.69) is 5.32 Å². The molecule has 1 atom stereocenters. The molecule has 1 amide bonds. The fraction of sp³-hybridized carbons (Fsp3) is 0.208. The number of ether oxygens (including phenoxy) is 1. The summed E-state index contributed by atoms with van der Waals surface area (Å²) in [6, 6.07) is 20.4. The van der Waals surface area contributed by atoms with Crippen molar-refractivity contribution < 1.29 is 17.9 Å². The Labute approximate surface area is 183 Å². The van der Waals surface area contributed by atoms with Crippen LogP contribution >= 0.6 is 0 Å². The van der Waals surface area contributed by atoms with Crippen LogP contribution in [-0.4, -0.2) is 28.5 Å². The molecule has 0 radical (unpaired) electrons. The number of para-hydroxylation sites is 1. The molecule has 31 heavy (non-hydrogen) atoms. The van der Waals surface area contributed by atoms with Crippen LogP contribution in [0.1, 0.15) is 34.5 Å². The van der Waals surface area contributed by atoms with Crippen LogP contribution in [0.2, 0.25) is 0 Å². The molecule has 0 aliphatic rings. The standard InChI is InChI=1S/C24H26N2O4S/c1-17-12-14-21(15-13-17)31(28,29)26(3)20-9-7-8-19(16-20)24(27)25-18(2)22-10-5-6-11-23(22)30-4/h5-16,18H,1-4H3,(H,25,27)/t18-/m0/s1. The van der Waals surface area contributed by atoms with E-state index in [4.69, 9.17) is 4.74 Å². The summed E-state index contributed by atoms with van der Waals surface area (Å²) in [7, 11) is -0.681. The van der Waals surface area contributed by atoms with E-state index in [1.54, 1.807) is 55.6 Å². The van der Waals surface area contributed by atoms with Gasteiger partial charge in [0.2, 0.25) is 0 Å². The van der Waals surface area contributed by atoms with E-state index in [-0.39, 0.29) is 16.8 Å². The van der Waals surface area contributed by atoms with Gasteiger partial charge in [-0.1, -0.05) is 42.0 Å². The van der Waals surface area contributed by atoms with Gasteiger partial charge in [0, 0.05) is 18.2 Å². The van der Waals surface area contributed by atoms with Crippen LogP contribution in [0.3, 0.4) is 0 Å². The predicted octanol–water partition coefficient (Wildman–Crippen LogP) is 4.32. The zero-order valence-electron chi connectivity index (χ0n) is 18.0. The minimum atomic E-state index is -3.74. The summed E-state index contributed by atoms with van der Waals surface area (Å²) < 4.78 is 32.5. The molecule has 0 bridgehead atoms. The summed E-state index contributed by atoms with van der Waals surface area (Å²) in [6.07, 6.45) is 0. The van der Waals surface area contributed by atoms with Crippen LogP contribution in [0.5, 0.6) is 5.75 Å². The van der Waals surface area contributed by atoms with Crippen molar-refractivity contribution in [3.63, 3.8) is 0 Å². The summed E-state index contributed by atoms with van der Waals surface area (Å²) in [6.45, 7) is 3.77. The lowest BCUT2D eigenvalue weighted by Crippen LogP contribution is -2.28. The molecule has 0 heterocycles. The average Bonchev–Trinajstić information content (AvgIpc) is 2.78. The van der Waals surface area contributed by atoms with Gasteiger partial charge in [0.15, 0.2) is 0 Å². The second-order valence-electron chi connectivity index (χ2n) is 7.27. The number of aryl methyl sites for hydroxylation is 1. The van der Waals surface area contributed by atoms with E-state index in [1.165, 1.54) is 11.4 Å². The monoisotopic (exact) mass is 438 g/mol. The molecule has 7 heteroatoms. The number of carbonyl (C=O) groups excluding carboxylic acids is 1. The molecule has 0 saturated heterocycles. The highest BCUT2D eigenvalue weighted by atomic mass is 32.2. The van der Waals surface area contributed by atoms with Crippen LogP contribution in [0.25, 0.3) is 0 Å². The van der Waals surface area contributed by atoms with Crippen LogP contribution < -0.4 is 14.4 Å². The summed E-state index contributed by atoms with van der Waals surface area (Å²) in [5, 5.41) is 2.94. The SMILES string of the molecule is COc1ccccc1[C@H](C)NC(=O)c1cccc(N(C)S(=O)(=O)c2ccc(C)cc2)c1. The third kappa shape index (κ3) is 4.88. The molecule has 0 unspecified atom stereocenters. The third-order valence-electron chi connectivity index (χ3n) is 5.10. The van der Waals surface area contributed by atoms with Crippen LogP contribution in [0.4, 0.5) is 5.69 Å². The van der Waals surface area contributed by atoms with Gasteiger partial charge >= 0.3 is 0 Å². The van der Waals surface area contributed by atoms with Crippen molar-refractivity contribution in [1.29, 1.82) is 0 Å². The van der Waals surface area contributed by atoms with Crippen molar-refractivity contribution in [2.45, 2.75) is 24.8 Å². The van der Waals surface area contributed by atoms with Gasteiger partial charge in [-0.3, -0.25) is 9.10 Å². The third-order valence-corrected chi connectivity index (χ3v) is 6.90. The first-order chi connectivity index (χ1) is 14.7. The number of anilines is 1. The van der Waals surface area contributed by atoms with Crippen molar-refractivity contribution in [2.75, 3.05) is 18.5 Å². The van der Waals surface area contributed by atoms with E-state index < -0.39 is 10.0 Å². The number of sulfonamides is 1. The summed E-state index contributed by atoms with van der Waals surface area (Å²) in [5.41, 5.74) is 2.60. The number of benzene rings is 3. The molecule has 0 aromatic heterocycles. The lowest BCUT2D eigenvalue weighted by Gasteiger charge is -2.21. The molecule has 0 fully saturated rings. The van der Waals surface area contributed by atoms with Gasteiger partial charge < -0.3 is 10.1 Å². The van der Waals surface area contributed by atoms with E-state index in [0.717, 1.165) is 11.1 Å². The van der Waals surface area contributed by atoms with Crippen molar-refractivity contribution in [3.8, 4) is 5.75 Å². The number of nitrogens with one attached hydrogen (secondary N) is 1. The zero-order valence-corrected chi connectivity index (χ0v) is 18.8. The Hall–Kier alpha value is -3.32. The normalized spacial score (nSPS) is 12.1.